The molecule has 1 amide bonds. The molecule has 3 nitrogen and oxygen atoms in total. The van der Waals surface area contributed by atoms with E-state index in [0.717, 1.165) is 12.1 Å². The molecule has 0 unspecified atom stereocenters. The molecule has 1 aliphatic heterocycles. The van der Waals surface area contributed by atoms with Crippen LogP contribution in [0, 0.1) is 0 Å². The van der Waals surface area contributed by atoms with Gasteiger partial charge in [0.15, 0.2) is 1.41 Å². The lowest BCUT2D eigenvalue weighted by atomic mass is 9.90. The number of amides is 1. The minimum Gasteiger partial charge on any atom is -0.326 e. The maximum atomic E-state index is 12.8. The maximum Gasteiger partial charge on any atom is 0.416 e. The van der Waals surface area contributed by atoms with E-state index in [4.69, 9.17) is 15.1 Å². The van der Waals surface area contributed by atoms with Crippen LogP contribution in [0.5, 0.6) is 0 Å². The predicted octanol–water partition coefficient (Wildman–Crippen LogP) is 3.28. The zero-order chi connectivity index (χ0) is 24.9. The van der Waals surface area contributed by atoms with Crippen molar-refractivity contribution in [3.63, 3.8) is 0 Å². The summed E-state index contributed by atoms with van der Waals surface area (Å²) in [5, 5.41) is -0.398. The van der Waals surface area contributed by atoms with Gasteiger partial charge in [0.25, 0.3) is 5.91 Å². The number of halogens is 3. The van der Waals surface area contributed by atoms with Crippen LogP contribution < -0.4 is 5.31 Å². The van der Waals surface area contributed by atoms with Gasteiger partial charge >= 0.3 is 6.18 Å². The Balaban J connectivity index is 2.31. The maximum absolute atomic E-state index is 12.8. The second-order valence-corrected chi connectivity index (χ2v) is 4.25. The van der Waals surface area contributed by atoms with Gasteiger partial charge in [0.2, 0.25) is 0 Å². The summed E-state index contributed by atoms with van der Waals surface area (Å²) in [7, 11) is 0. The molecular formula is C15H15F3N2O. The van der Waals surface area contributed by atoms with Gasteiger partial charge in [-0.1, -0.05) is 18.5 Å². The summed E-state index contributed by atoms with van der Waals surface area (Å²) in [5.74, 6) is -1.52. The molecule has 0 radical (unpaired) electrons. The van der Waals surface area contributed by atoms with Crippen LogP contribution in [0.3, 0.4) is 0 Å². The summed E-state index contributed by atoms with van der Waals surface area (Å²) in [6, 6.07) is 2.66. The van der Waals surface area contributed by atoms with Gasteiger partial charge in [-0.05, 0) is 37.6 Å². The molecule has 1 aromatic rings. The number of rotatable bonds is 1. The Kier molecular flexibility index (Phi) is 1.41. The molecule has 3 rings (SSSR count). The molecule has 6 heteroatoms. The molecule has 1 spiro atoms. The Bertz CT molecular complexity index is 975. The van der Waals surface area contributed by atoms with E-state index in [9.17, 15) is 18.0 Å². The smallest absolute Gasteiger partial charge is 0.326 e. The standard InChI is InChI=1S/C15H15F3N2O/c16-15(17,18)11-6-4-10(5-7-11)12-13(21)20-14(19-12)8-2-1-3-9-14/h4-7H,1-3,8-9H2,(H,20,21)/i1D2,2D2,3D2,8D2,9D2/hD. The van der Waals surface area contributed by atoms with Crippen LogP contribution in [0.1, 0.15) is 56.7 Å². The van der Waals surface area contributed by atoms with E-state index < -0.39 is 66.2 Å². The van der Waals surface area contributed by atoms with Crippen molar-refractivity contribution < 1.29 is 33.1 Å². The number of nitrogens with one attached hydrogen (secondary N) is 1. The Labute approximate surface area is 135 Å². The van der Waals surface area contributed by atoms with Crippen molar-refractivity contribution in [3.05, 3.63) is 35.4 Å². The highest BCUT2D eigenvalue weighted by molar-refractivity contribution is 6.46. The van der Waals surface area contributed by atoms with E-state index in [1.165, 1.54) is 0 Å². The van der Waals surface area contributed by atoms with Gasteiger partial charge in [-0.15, -0.1) is 0 Å². The first kappa shape index (κ1) is 6.10. The fourth-order valence-electron chi connectivity index (χ4n) is 1.85. The van der Waals surface area contributed by atoms with Crippen LogP contribution in [0.4, 0.5) is 13.2 Å². The molecule has 1 saturated carbocycles. The molecule has 1 fully saturated rings. The van der Waals surface area contributed by atoms with Gasteiger partial charge in [0.05, 0.1) is 5.56 Å². The summed E-state index contributed by atoms with van der Waals surface area (Å²) in [4.78, 5) is 16.3. The molecule has 0 bridgehead atoms. The van der Waals surface area contributed by atoms with Gasteiger partial charge in [-0.3, -0.25) is 9.79 Å². The van der Waals surface area contributed by atoms with Crippen LogP contribution in [0.25, 0.3) is 0 Å². The van der Waals surface area contributed by atoms with E-state index in [0.29, 0.717) is 12.1 Å². The van der Waals surface area contributed by atoms with Crippen LogP contribution in [-0.4, -0.2) is 17.3 Å². The van der Waals surface area contributed by atoms with Gasteiger partial charge in [-0.25, -0.2) is 0 Å². The summed E-state index contributed by atoms with van der Waals surface area (Å²) >= 11 is 0. The molecule has 0 aromatic heterocycles. The first-order valence-electron chi connectivity index (χ1n) is 11.2. The predicted molar refractivity (Wildman–Crippen MR) is 71.9 cm³/mol. The SMILES string of the molecule is [2H]N1C(=O)C(c2ccc(C(F)(F)F)cc2)=NC12C([2H])([2H])C([2H])([2H])C([2H])([2H])C([2H])([2H])C2([2H])[2H]. The van der Waals surface area contributed by atoms with Crippen molar-refractivity contribution >= 4 is 11.6 Å². The van der Waals surface area contributed by atoms with Gasteiger partial charge in [0.1, 0.15) is 11.4 Å². The topological polar surface area (TPSA) is 41.5 Å². The Hall–Kier alpha value is -1.85. The highest BCUT2D eigenvalue weighted by Crippen LogP contribution is 2.34. The third-order valence-electron chi connectivity index (χ3n) is 2.82. The fourth-order valence-corrected chi connectivity index (χ4v) is 1.85. The number of benzene rings is 1. The normalized spacial score (nSPS) is 41.5. The largest absolute Gasteiger partial charge is 0.416 e. The highest BCUT2D eigenvalue weighted by atomic mass is 19.4. The van der Waals surface area contributed by atoms with E-state index in [1.807, 2.05) is 0 Å². The van der Waals surface area contributed by atoms with Crippen molar-refractivity contribution in [3.8, 4) is 0 Å². The molecule has 1 heterocycles. The van der Waals surface area contributed by atoms with Crippen molar-refractivity contribution in [1.82, 2.24) is 5.31 Å². The number of nitrogens with zero attached hydrogens (tertiary/aromatic N) is 1. The summed E-state index contributed by atoms with van der Waals surface area (Å²) in [6.07, 6.45) is -23.7. The Morgan fingerprint density at radius 3 is 2.38 bits per heavy atom. The first-order chi connectivity index (χ1) is 14.1. The van der Waals surface area contributed by atoms with Crippen molar-refractivity contribution in [2.45, 2.75) is 43.7 Å². The zero-order valence-electron chi connectivity index (χ0n) is 21.2. The Morgan fingerprint density at radius 1 is 1.19 bits per heavy atom. The molecule has 112 valence electrons. The van der Waals surface area contributed by atoms with E-state index in [-0.39, 0.29) is 5.56 Å². The van der Waals surface area contributed by atoms with Crippen LogP contribution in [0.15, 0.2) is 29.3 Å². The number of alkyl halides is 3. The molecule has 1 aromatic carbocycles. The lowest BCUT2D eigenvalue weighted by Gasteiger charge is -2.30. The first-order valence-corrected chi connectivity index (χ1v) is 5.74. The van der Waals surface area contributed by atoms with Crippen LogP contribution in [0.2, 0.25) is 1.41 Å². The lowest BCUT2D eigenvalue weighted by molar-refractivity contribution is -0.137. The highest BCUT2D eigenvalue weighted by Gasteiger charge is 2.40. The van der Waals surface area contributed by atoms with E-state index >= 15 is 0 Å². The second kappa shape index (κ2) is 4.86. The zero-order valence-corrected chi connectivity index (χ0v) is 10.2. The monoisotopic (exact) mass is 307 g/mol. The Morgan fingerprint density at radius 2 is 1.81 bits per heavy atom. The third kappa shape index (κ3) is 2.66. The summed E-state index contributed by atoms with van der Waals surface area (Å²) < 4.78 is 127. The summed E-state index contributed by atoms with van der Waals surface area (Å²) in [5.41, 5.74) is -5.91. The number of hydrogen-bond donors (Lipinski definition) is 1. The lowest BCUT2D eigenvalue weighted by Crippen LogP contribution is -2.43. The number of carbonyl (C=O) groups is 1. The van der Waals surface area contributed by atoms with Crippen LogP contribution in [-0.2, 0) is 11.0 Å². The molecule has 1 aliphatic carbocycles. The third-order valence-corrected chi connectivity index (χ3v) is 2.82. The second-order valence-electron chi connectivity index (χ2n) is 4.25. The van der Waals surface area contributed by atoms with Crippen molar-refractivity contribution in [1.29, 1.82) is 0 Å². The van der Waals surface area contributed by atoms with E-state index in [1.54, 1.807) is 0 Å². The number of hydrogen-bond acceptors (Lipinski definition) is 2. The fraction of sp³-hybridized carbons (Fsp3) is 0.467. The van der Waals surface area contributed by atoms with E-state index in [2.05, 4.69) is 4.99 Å². The number of aliphatic imine (C=N–C) groups is 1. The van der Waals surface area contributed by atoms with Crippen molar-refractivity contribution in [2.24, 2.45) is 4.99 Å². The molecule has 0 atom stereocenters. The molecule has 1 N–H and O–H groups in total. The van der Waals surface area contributed by atoms with Gasteiger partial charge in [-0.2, -0.15) is 13.2 Å². The van der Waals surface area contributed by atoms with Gasteiger partial charge in [0, 0.05) is 19.3 Å². The average Bonchev–Trinajstić information content (AvgIpc) is 2.93. The molecule has 0 saturated heterocycles. The molecule has 21 heavy (non-hydrogen) atoms. The molecule has 2 aliphatic rings. The minimum atomic E-state index is -4.72. The number of carbonyl (C=O) groups excluding carboxylic acids is 1. The van der Waals surface area contributed by atoms with Gasteiger partial charge < -0.3 is 5.31 Å². The van der Waals surface area contributed by atoms with Crippen LogP contribution >= 0.6 is 0 Å². The summed E-state index contributed by atoms with van der Waals surface area (Å²) in [6.45, 7) is 0. The molecular weight excluding hydrogens is 281 g/mol. The average molecular weight is 307 g/mol. The minimum absolute atomic E-state index is 0.376. The quantitative estimate of drug-likeness (QED) is 0.850. The van der Waals surface area contributed by atoms with Crippen molar-refractivity contribution in [2.75, 3.05) is 0 Å².